The van der Waals surface area contributed by atoms with Gasteiger partial charge < -0.3 is 0 Å². The molecule has 1 heterocycles. The first kappa shape index (κ1) is 10.6. The average Bonchev–Trinajstić information content (AvgIpc) is 2.44. The molecule has 2 aromatic carbocycles. The molecule has 1 aliphatic heterocycles. The number of aliphatic imine (C=N–C) groups is 1. The zero-order valence-corrected chi connectivity index (χ0v) is 9.46. The number of fused-ring (bicyclic) bond motifs is 1. The van der Waals surface area contributed by atoms with E-state index in [1.807, 2.05) is 18.2 Å². The first-order valence-corrected chi connectivity index (χ1v) is 5.59. The summed E-state index contributed by atoms with van der Waals surface area (Å²) in [4.78, 5) is 28.1. The number of hydrogen-bond acceptors (Lipinski definition) is 2. The first-order chi connectivity index (χ1) is 8.77. The van der Waals surface area contributed by atoms with Crippen molar-refractivity contribution >= 4 is 17.4 Å². The van der Waals surface area contributed by atoms with Crippen LogP contribution in [0.25, 0.3) is 0 Å². The van der Waals surface area contributed by atoms with Gasteiger partial charge in [0.1, 0.15) is 5.71 Å². The molecule has 0 spiro atoms. The van der Waals surface area contributed by atoms with Crippen LogP contribution in [0.1, 0.15) is 26.3 Å². The Morgan fingerprint density at radius 3 is 2.06 bits per heavy atom. The fraction of sp³-hybridized carbons (Fsp3) is 0. The molecular weight excluding hydrogens is 226 g/mol. The van der Waals surface area contributed by atoms with Gasteiger partial charge in [-0.05, 0) is 6.07 Å². The highest BCUT2D eigenvalue weighted by Gasteiger charge is 2.27. The van der Waals surface area contributed by atoms with Crippen LogP contribution in [0.3, 0.4) is 0 Å². The molecule has 1 amide bonds. The maximum atomic E-state index is 12.3. The summed E-state index contributed by atoms with van der Waals surface area (Å²) in [5.74, 6) is -0.555. The quantitative estimate of drug-likeness (QED) is 0.762. The summed E-state index contributed by atoms with van der Waals surface area (Å²) >= 11 is 0. The van der Waals surface area contributed by atoms with Crippen molar-refractivity contribution in [3.05, 3.63) is 71.3 Å². The molecule has 18 heavy (non-hydrogen) atoms. The summed E-state index contributed by atoms with van der Waals surface area (Å²) in [6.07, 6.45) is 0. The van der Waals surface area contributed by atoms with E-state index in [1.54, 1.807) is 36.4 Å². The Morgan fingerprint density at radius 1 is 0.722 bits per heavy atom. The summed E-state index contributed by atoms with van der Waals surface area (Å²) in [7, 11) is 0. The Balaban J connectivity index is 2.16. The molecule has 0 radical (unpaired) electrons. The van der Waals surface area contributed by atoms with Gasteiger partial charge in [0.05, 0.1) is 5.56 Å². The summed E-state index contributed by atoms with van der Waals surface area (Å²) in [6, 6.07) is 15.8. The van der Waals surface area contributed by atoms with Crippen LogP contribution in [0.5, 0.6) is 0 Å². The van der Waals surface area contributed by atoms with Gasteiger partial charge in [-0.15, -0.1) is 0 Å². The fourth-order valence-electron chi connectivity index (χ4n) is 2.00. The average molecular weight is 235 g/mol. The van der Waals surface area contributed by atoms with Crippen LogP contribution in [0.2, 0.25) is 0 Å². The Kier molecular flexibility index (Phi) is 2.38. The van der Waals surface area contributed by atoms with E-state index in [9.17, 15) is 9.59 Å². The second-order valence-electron chi connectivity index (χ2n) is 4.01. The number of carbonyl (C=O) groups is 2. The van der Waals surface area contributed by atoms with Crippen molar-refractivity contribution in [2.24, 2.45) is 4.99 Å². The Morgan fingerprint density at radius 2 is 1.33 bits per heavy atom. The Labute approximate surface area is 104 Å². The van der Waals surface area contributed by atoms with Crippen molar-refractivity contribution in [2.45, 2.75) is 0 Å². The maximum absolute atomic E-state index is 12.3. The van der Waals surface area contributed by atoms with Gasteiger partial charge in [0.25, 0.3) is 5.91 Å². The van der Waals surface area contributed by atoms with E-state index in [-0.39, 0.29) is 17.4 Å². The third-order valence-corrected chi connectivity index (χ3v) is 2.88. The molecule has 2 aromatic rings. The van der Waals surface area contributed by atoms with E-state index in [2.05, 4.69) is 4.99 Å². The number of rotatable bonds is 1. The molecule has 3 rings (SSSR count). The lowest BCUT2D eigenvalue weighted by Crippen LogP contribution is -2.24. The van der Waals surface area contributed by atoms with Gasteiger partial charge in [0, 0.05) is 11.1 Å². The van der Waals surface area contributed by atoms with Crippen LogP contribution in [0.15, 0.2) is 59.6 Å². The van der Waals surface area contributed by atoms with Crippen molar-refractivity contribution in [3.63, 3.8) is 0 Å². The summed E-state index contributed by atoms with van der Waals surface area (Å²) in [5, 5.41) is 0. The molecule has 86 valence electrons. The zero-order chi connectivity index (χ0) is 12.5. The molecule has 0 saturated heterocycles. The highest BCUT2D eigenvalue weighted by Crippen LogP contribution is 2.19. The molecule has 0 N–H and O–H groups in total. The molecule has 1 aliphatic rings. The van der Waals surface area contributed by atoms with Gasteiger partial charge in [0.2, 0.25) is 5.78 Å². The van der Waals surface area contributed by atoms with Gasteiger partial charge in [0.15, 0.2) is 0 Å². The molecule has 0 aliphatic carbocycles. The van der Waals surface area contributed by atoms with Crippen molar-refractivity contribution in [3.8, 4) is 0 Å². The van der Waals surface area contributed by atoms with E-state index in [0.717, 1.165) is 0 Å². The summed E-state index contributed by atoms with van der Waals surface area (Å²) in [5.41, 5.74) is 1.70. The van der Waals surface area contributed by atoms with Crippen LogP contribution in [-0.2, 0) is 0 Å². The van der Waals surface area contributed by atoms with Crippen molar-refractivity contribution < 1.29 is 9.59 Å². The second kappa shape index (κ2) is 4.04. The van der Waals surface area contributed by atoms with Crippen LogP contribution >= 0.6 is 0 Å². The molecule has 3 heteroatoms. The van der Waals surface area contributed by atoms with Crippen LogP contribution in [0, 0.1) is 0 Å². The Bertz CT molecular complexity index is 672. The molecule has 0 bridgehead atoms. The molecule has 3 nitrogen and oxygen atoms in total. The van der Waals surface area contributed by atoms with Crippen molar-refractivity contribution in [1.29, 1.82) is 0 Å². The monoisotopic (exact) mass is 235 g/mol. The molecule has 0 unspecified atom stereocenters. The number of benzene rings is 2. The van der Waals surface area contributed by atoms with Crippen molar-refractivity contribution in [1.82, 2.24) is 0 Å². The number of carbonyl (C=O) groups excluding carboxylic acids is 2. The van der Waals surface area contributed by atoms with E-state index in [0.29, 0.717) is 16.7 Å². The largest absolute Gasteiger partial charge is 0.287 e. The van der Waals surface area contributed by atoms with E-state index in [4.69, 9.17) is 0 Å². The normalized spacial score (nSPS) is 14.1. The Hall–Kier alpha value is -2.55. The predicted molar refractivity (Wildman–Crippen MR) is 68.1 cm³/mol. The lowest BCUT2D eigenvalue weighted by molar-refractivity contribution is 0.0974. The minimum Gasteiger partial charge on any atom is -0.287 e. The maximum Gasteiger partial charge on any atom is 0.278 e. The minimum atomic E-state index is -0.357. The smallest absolute Gasteiger partial charge is 0.278 e. The fourth-order valence-corrected chi connectivity index (χ4v) is 2.00. The van der Waals surface area contributed by atoms with E-state index < -0.39 is 0 Å². The highest BCUT2D eigenvalue weighted by atomic mass is 16.2. The molecule has 0 saturated carbocycles. The second-order valence-corrected chi connectivity index (χ2v) is 4.01. The minimum absolute atomic E-state index is 0.198. The zero-order valence-electron chi connectivity index (χ0n) is 9.46. The predicted octanol–water partition coefficient (Wildman–Crippen LogP) is 2.51. The molecule has 0 fully saturated rings. The molecule has 0 aromatic heterocycles. The standard InChI is InChI=1S/C15H9NO2/c17-14-11-8-4-5-9-12(11)15(18)16-13(14)10-6-2-1-3-7-10/h1-9H. The number of nitrogens with zero attached hydrogens (tertiary/aromatic N) is 1. The number of hydrogen-bond donors (Lipinski definition) is 0. The molecular formula is C15H9NO2. The highest BCUT2D eigenvalue weighted by molar-refractivity contribution is 6.55. The third kappa shape index (κ3) is 1.57. The first-order valence-electron chi connectivity index (χ1n) is 5.59. The van der Waals surface area contributed by atoms with Crippen LogP contribution < -0.4 is 0 Å². The van der Waals surface area contributed by atoms with Gasteiger partial charge >= 0.3 is 0 Å². The molecule has 0 atom stereocenters. The summed E-state index contributed by atoms with van der Waals surface area (Å²) in [6.45, 7) is 0. The lowest BCUT2D eigenvalue weighted by atomic mass is 9.93. The number of ketones is 1. The lowest BCUT2D eigenvalue weighted by Gasteiger charge is -2.13. The van der Waals surface area contributed by atoms with Gasteiger partial charge in [-0.1, -0.05) is 48.5 Å². The van der Waals surface area contributed by atoms with E-state index in [1.165, 1.54) is 0 Å². The van der Waals surface area contributed by atoms with Crippen molar-refractivity contribution in [2.75, 3.05) is 0 Å². The third-order valence-electron chi connectivity index (χ3n) is 2.88. The summed E-state index contributed by atoms with van der Waals surface area (Å²) < 4.78 is 0. The number of amides is 1. The van der Waals surface area contributed by atoms with Crippen LogP contribution in [-0.4, -0.2) is 17.4 Å². The van der Waals surface area contributed by atoms with Crippen LogP contribution in [0.4, 0.5) is 0 Å². The SMILES string of the molecule is O=C1N=C(c2ccccc2)C(=O)c2ccccc21. The van der Waals surface area contributed by atoms with Gasteiger partial charge in [-0.2, -0.15) is 0 Å². The van der Waals surface area contributed by atoms with Gasteiger partial charge in [-0.3, -0.25) is 9.59 Å². The topological polar surface area (TPSA) is 46.5 Å². The van der Waals surface area contributed by atoms with Gasteiger partial charge in [-0.25, -0.2) is 4.99 Å². The van der Waals surface area contributed by atoms with E-state index >= 15 is 0 Å². The number of Topliss-reactive ketones (excluding diaryl/α,β-unsaturated/α-hetero) is 1.